The van der Waals surface area contributed by atoms with Crippen molar-refractivity contribution in [2.75, 3.05) is 37.6 Å². The van der Waals surface area contributed by atoms with E-state index in [4.69, 9.17) is 11.6 Å². The molecule has 0 saturated carbocycles. The highest BCUT2D eigenvalue weighted by molar-refractivity contribution is 6.29. The summed E-state index contributed by atoms with van der Waals surface area (Å²) in [4.78, 5) is 12.7. The third kappa shape index (κ3) is 3.81. The van der Waals surface area contributed by atoms with Crippen LogP contribution in [0.4, 0.5) is 5.82 Å². The molecule has 0 amide bonds. The molecule has 112 valence electrons. The fourth-order valence-corrected chi connectivity index (χ4v) is 2.66. The summed E-state index contributed by atoms with van der Waals surface area (Å²) in [5.41, 5.74) is -0.555. The van der Waals surface area contributed by atoms with Crippen LogP contribution in [0.2, 0.25) is 5.15 Å². The molecule has 0 spiro atoms. The van der Waals surface area contributed by atoms with E-state index < -0.39 is 5.60 Å². The average Bonchev–Trinajstić information content (AvgIpc) is 2.48. The molecule has 1 aromatic heterocycles. The first-order chi connectivity index (χ1) is 9.56. The minimum Gasteiger partial charge on any atom is -0.389 e. The largest absolute Gasteiger partial charge is 0.389 e. The van der Waals surface area contributed by atoms with Crippen molar-refractivity contribution >= 4 is 17.4 Å². The maximum Gasteiger partial charge on any atom is 0.134 e. The van der Waals surface area contributed by atoms with E-state index in [9.17, 15) is 5.11 Å². The van der Waals surface area contributed by atoms with Crippen molar-refractivity contribution in [1.82, 2.24) is 14.9 Å². The van der Waals surface area contributed by atoms with Crippen molar-refractivity contribution < 1.29 is 5.11 Å². The second-order valence-corrected chi connectivity index (χ2v) is 5.78. The first-order valence-corrected chi connectivity index (χ1v) is 7.61. The molecule has 6 heteroatoms. The molecule has 1 aliphatic rings. The lowest BCUT2D eigenvalue weighted by molar-refractivity contribution is -0.00458. The summed E-state index contributed by atoms with van der Waals surface area (Å²) >= 11 is 5.90. The molecule has 0 atom stereocenters. The molecule has 5 nitrogen and oxygen atoms in total. The number of anilines is 1. The number of nitrogens with zero attached hydrogens (tertiary/aromatic N) is 4. The lowest BCUT2D eigenvalue weighted by Gasteiger charge is -2.39. The molecule has 1 saturated heterocycles. The van der Waals surface area contributed by atoms with Gasteiger partial charge in [-0.3, -0.25) is 4.90 Å². The van der Waals surface area contributed by atoms with Crippen LogP contribution in [0.15, 0.2) is 12.4 Å². The van der Waals surface area contributed by atoms with Crippen molar-refractivity contribution in [3.63, 3.8) is 0 Å². The van der Waals surface area contributed by atoms with Gasteiger partial charge in [0.15, 0.2) is 0 Å². The van der Waals surface area contributed by atoms with Crippen LogP contribution in [0.3, 0.4) is 0 Å². The van der Waals surface area contributed by atoms with Gasteiger partial charge in [0.2, 0.25) is 0 Å². The molecule has 0 unspecified atom stereocenters. The Hall–Kier alpha value is -0.910. The van der Waals surface area contributed by atoms with Gasteiger partial charge >= 0.3 is 0 Å². The van der Waals surface area contributed by atoms with E-state index in [0.717, 1.165) is 51.4 Å². The van der Waals surface area contributed by atoms with E-state index in [1.165, 1.54) is 6.33 Å². The first-order valence-electron chi connectivity index (χ1n) is 7.23. The lowest BCUT2D eigenvalue weighted by atomic mass is 9.96. The van der Waals surface area contributed by atoms with Gasteiger partial charge in [-0.15, -0.1) is 0 Å². The number of piperazine rings is 1. The Balaban J connectivity index is 1.89. The third-order valence-corrected chi connectivity index (χ3v) is 4.36. The smallest absolute Gasteiger partial charge is 0.134 e. The van der Waals surface area contributed by atoms with Crippen LogP contribution < -0.4 is 4.90 Å². The Morgan fingerprint density at radius 2 is 1.85 bits per heavy atom. The maximum absolute atomic E-state index is 10.4. The molecule has 0 radical (unpaired) electrons. The Kier molecular flexibility index (Phi) is 5.18. The number of hydrogen-bond acceptors (Lipinski definition) is 5. The molecule has 1 aromatic rings. The quantitative estimate of drug-likeness (QED) is 0.840. The SMILES string of the molecule is CCC(O)(CC)CN1CCN(c2cc(Cl)ncn2)CC1. The summed E-state index contributed by atoms with van der Waals surface area (Å²) < 4.78 is 0. The maximum atomic E-state index is 10.4. The van der Waals surface area contributed by atoms with Crippen LogP contribution in [0.25, 0.3) is 0 Å². The molecular formula is C14H23ClN4O. The van der Waals surface area contributed by atoms with Crippen LogP contribution in [0, 0.1) is 0 Å². The number of halogens is 1. The summed E-state index contributed by atoms with van der Waals surface area (Å²) in [6, 6.07) is 1.80. The van der Waals surface area contributed by atoms with Crippen LogP contribution in [0.5, 0.6) is 0 Å². The zero-order valence-corrected chi connectivity index (χ0v) is 13.0. The zero-order valence-electron chi connectivity index (χ0n) is 12.2. The predicted molar refractivity (Wildman–Crippen MR) is 81.2 cm³/mol. The third-order valence-electron chi connectivity index (χ3n) is 4.15. The number of rotatable bonds is 5. The summed E-state index contributed by atoms with van der Waals surface area (Å²) in [6.07, 6.45) is 3.09. The molecule has 0 aromatic carbocycles. The zero-order chi connectivity index (χ0) is 14.6. The molecular weight excluding hydrogens is 276 g/mol. The van der Waals surface area contributed by atoms with E-state index in [0.29, 0.717) is 5.15 Å². The monoisotopic (exact) mass is 298 g/mol. The normalized spacial score (nSPS) is 17.5. The Morgan fingerprint density at radius 3 is 2.40 bits per heavy atom. The van der Waals surface area contributed by atoms with E-state index in [1.54, 1.807) is 6.07 Å². The van der Waals surface area contributed by atoms with Gasteiger partial charge in [-0.25, -0.2) is 9.97 Å². The number of aliphatic hydroxyl groups is 1. The predicted octanol–water partition coefficient (Wildman–Crippen LogP) is 1.80. The standard InChI is InChI=1S/C14H23ClN4O/c1-3-14(20,4-2)10-18-5-7-19(8-6-18)13-9-12(15)16-11-17-13/h9,11,20H,3-8,10H2,1-2H3. The fourth-order valence-electron chi connectivity index (χ4n) is 2.52. The highest BCUT2D eigenvalue weighted by Gasteiger charge is 2.27. The van der Waals surface area contributed by atoms with Gasteiger partial charge in [0.05, 0.1) is 5.60 Å². The fraction of sp³-hybridized carbons (Fsp3) is 0.714. The van der Waals surface area contributed by atoms with Crippen LogP contribution in [-0.2, 0) is 0 Å². The van der Waals surface area contributed by atoms with Crippen molar-refractivity contribution in [3.05, 3.63) is 17.5 Å². The minimum atomic E-state index is -0.555. The molecule has 0 bridgehead atoms. The van der Waals surface area contributed by atoms with Gasteiger partial charge in [0.1, 0.15) is 17.3 Å². The van der Waals surface area contributed by atoms with E-state index in [2.05, 4.69) is 19.8 Å². The van der Waals surface area contributed by atoms with Gasteiger partial charge in [-0.1, -0.05) is 25.4 Å². The average molecular weight is 299 g/mol. The van der Waals surface area contributed by atoms with E-state index in [-0.39, 0.29) is 0 Å². The molecule has 2 rings (SSSR count). The lowest BCUT2D eigenvalue weighted by Crippen LogP contribution is -2.52. The second kappa shape index (κ2) is 6.70. The van der Waals surface area contributed by atoms with Crippen LogP contribution in [-0.4, -0.2) is 58.3 Å². The molecule has 0 aliphatic carbocycles. The van der Waals surface area contributed by atoms with Crippen molar-refractivity contribution in [2.45, 2.75) is 32.3 Å². The topological polar surface area (TPSA) is 52.5 Å². The van der Waals surface area contributed by atoms with Gasteiger partial charge in [0.25, 0.3) is 0 Å². The van der Waals surface area contributed by atoms with Crippen molar-refractivity contribution in [1.29, 1.82) is 0 Å². The molecule has 20 heavy (non-hydrogen) atoms. The summed E-state index contributed by atoms with van der Waals surface area (Å²) in [7, 11) is 0. The summed E-state index contributed by atoms with van der Waals surface area (Å²) in [5, 5.41) is 10.9. The summed E-state index contributed by atoms with van der Waals surface area (Å²) in [6.45, 7) is 8.51. The molecule has 1 fully saturated rings. The minimum absolute atomic E-state index is 0.476. The first kappa shape index (κ1) is 15.5. The molecule has 1 N–H and O–H groups in total. The summed E-state index contributed by atoms with van der Waals surface area (Å²) in [5.74, 6) is 0.880. The van der Waals surface area contributed by atoms with Gasteiger partial charge < -0.3 is 10.0 Å². The Morgan fingerprint density at radius 1 is 1.20 bits per heavy atom. The number of β-amino-alcohol motifs (C(OH)–C–C–N with tert-alkyl or cyclic N) is 1. The number of hydrogen-bond donors (Lipinski definition) is 1. The Bertz CT molecular complexity index is 431. The van der Waals surface area contributed by atoms with Crippen LogP contribution in [0.1, 0.15) is 26.7 Å². The highest BCUT2D eigenvalue weighted by Crippen LogP contribution is 2.20. The van der Waals surface area contributed by atoms with Crippen LogP contribution >= 0.6 is 11.6 Å². The highest BCUT2D eigenvalue weighted by atomic mass is 35.5. The van der Waals surface area contributed by atoms with Gasteiger partial charge in [-0.2, -0.15) is 0 Å². The molecule has 1 aliphatic heterocycles. The van der Waals surface area contributed by atoms with Crippen molar-refractivity contribution in [2.24, 2.45) is 0 Å². The molecule has 2 heterocycles. The Labute approximate surface area is 125 Å². The van der Waals surface area contributed by atoms with E-state index >= 15 is 0 Å². The van der Waals surface area contributed by atoms with Gasteiger partial charge in [0, 0.05) is 38.8 Å². The van der Waals surface area contributed by atoms with Gasteiger partial charge in [-0.05, 0) is 12.8 Å². The number of aromatic nitrogens is 2. The van der Waals surface area contributed by atoms with E-state index in [1.807, 2.05) is 13.8 Å². The second-order valence-electron chi connectivity index (χ2n) is 5.39. The van der Waals surface area contributed by atoms with Crippen molar-refractivity contribution in [3.8, 4) is 0 Å².